The molecule has 1 atom stereocenters. The number of nitrogens with zero attached hydrogens (tertiary/aromatic N) is 2. The highest BCUT2D eigenvalue weighted by Crippen LogP contribution is 2.19. The lowest BCUT2D eigenvalue weighted by molar-refractivity contribution is -0.126. The minimum atomic E-state index is -0.217. The monoisotopic (exact) mass is 327 g/mol. The quantitative estimate of drug-likeness (QED) is 0.918. The van der Waals surface area contributed by atoms with E-state index >= 15 is 0 Å². The van der Waals surface area contributed by atoms with Crippen LogP contribution in [0.25, 0.3) is 0 Å². The van der Waals surface area contributed by atoms with E-state index in [2.05, 4.69) is 15.2 Å². The van der Waals surface area contributed by atoms with Crippen LogP contribution in [0.2, 0.25) is 0 Å². The first kappa shape index (κ1) is 16.6. The van der Waals surface area contributed by atoms with Crippen LogP contribution in [0.15, 0.2) is 48.8 Å². The number of benzene rings is 1. The smallest absolute Gasteiger partial charge is 0.224 e. The van der Waals surface area contributed by atoms with Crippen molar-refractivity contribution in [1.82, 2.24) is 15.2 Å². The number of hydrogen-bond acceptors (Lipinski definition) is 3. The number of nitrogens with one attached hydrogen (secondary N) is 1. The number of rotatable bonds is 5. The minimum absolute atomic E-state index is 0.0148. The maximum Gasteiger partial charge on any atom is 0.224 e. The van der Waals surface area contributed by atoms with Crippen LogP contribution in [0, 0.1) is 11.7 Å². The second kappa shape index (κ2) is 8.02. The number of amides is 1. The second-order valence-corrected chi connectivity index (χ2v) is 6.27. The first-order valence-corrected chi connectivity index (χ1v) is 8.34. The third-order valence-electron chi connectivity index (χ3n) is 4.41. The van der Waals surface area contributed by atoms with Crippen LogP contribution in [0.1, 0.15) is 24.0 Å². The number of halogens is 1. The number of aromatic nitrogens is 1. The average molecular weight is 327 g/mol. The minimum Gasteiger partial charge on any atom is -0.352 e. The van der Waals surface area contributed by atoms with Crippen molar-refractivity contribution in [3.05, 3.63) is 65.7 Å². The largest absolute Gasteiger partial charge is 0.352 e. The average Bonchev–Trinajstić information content (AvgIpc) is 2.63. The third-order valence-corrected chi connectivity index (χ3v) is 4.41. The molecule has 0 spiro atoms. The molecule has 2 aromatic rings. The summed E-state index contributed by atoms with van der Waals surface area (Å²) in [5, 5.41) is 3.02. The summed E-state index contributed by atoms with van der Waals surface area (Å²) < 4.78 is 13.0. The summed E-state index contributed by atoms with van der Waals surface area (Å²) in [7, 11) is 0. The van der Waals surface area contributed by atoms with Crippen molar-refractivity contribution in [3.63, 3.8) is 0 Å². The van der Waals surface area contributed by atoms with E-state index in [1.807, 2.05) is 24.3 Å². The normalized spacial score (nSPS) is 18.3. The highest BCUT2D eigenvalue weighted by molar-refractivity contribution is 5.78. The van der Waals surface area contributed by atoms with Crippen LogP contribution in [-0.2, 0) is 17.9 Å². The van der Waals surface area contributed by atoms with Gasteiger partial charge in [0.05, 0.1) is 5.92 Å². The van der Waals surface area contributed by atoms with E-state index < -0.39 is 0 Å². The molecule has 3 rings (SSSR count). The van der Waals surface area contributed by atoms with Gasteiger partial charge < -0.3 is 5.32 Å². The van der Waals surface area contributed by atoms with Gasteiger partial charge in [-0.05, 0) is 54.8 Å². The highest BCUT2D eigenvalue weighted by Gasteiger charge is 2.25. The number of piperidine rings is 1. The summed E-state index contributed by atoms with van der Waals surface area (Å²) in [4.78, 5) is 18.7. The molecule has 1 fully saturated rings. The Morgan fingerprint density at radius 3 is 2.67 bits per heavy atom. The van der Waals surface area contributed by atoms with Crippen LogP contribution < -0.4 is 5.32 Å². The predicted molar refractivity (Wildman–Crippen MR) is 90.5 cm³/mol. The summed E-state index contributed by atoms with van der Waals surface area (Å²) in [6.45, 7) is 3.02. The van der Waals surface area contributed by atoms with Crippen LogP contribution in [0.4, 0.5) is 4.39 Å². The molecule has 0 saturated carbocycles. The Balaban J connectivity index is 1.51. The zero-order valence-electron chi connectivity index (χ0n) is 13.6. The fraction of sp³-hybridized carbons (Fsp3) is 0.368. The Morgan fingerprint density at radius 2 is 1.92 bits per heavy atom. The van der Waals surface area contributed by atoms with Gasteiger partial charge >= 0.3 is 0 Å². The molecule has 5 heteroatoms. The number of carbonyl (C=O) groups excluding carboxylic acids is 1. The van der Waals surface area contributed by atoms with Crippen molar-refractivity contribution in [1.29, 1.82) is 0 Å². The van der Waals surface area contributed by atoms with Crippen LogP contribution in [-0.4, -0.2) is 28.9 Å². The molecule has 0 aliphatic carbocycles. The van der Waals surface area contributed by atoms with Crippen molar-refractivity contribution in [2.75, 3.05) is 13.1 Å². The molecule has 4 nitrogen and oxygen atoms in total. The van der Waals surface area contributed by atoms with E-state index in [4.69, 9.17) is 0 Å². The molecular weight excluding hydrogens is 305 g/mol. The molecule has 1 N–H and O–H groups in total. The maximum absolute atomic E-state index is 13.0. The first-order chi connectivity index (χ1) is 11.7. The van der Waals surface area contributed by atoms with Crippen molar-refractivity contribution in [3.8, 4) is 0 Å². The van der Waals surface area contributed by atoms with Gasteiger partial charge in [-0.15, -0.1) is 0 Å². The summed E-state index contributed by atoms with van der Waals surface area (Å²) in [6.07, 6.45) is 5.38. The number of pyridine rings is 1. The van der Waals surface area contributed by atoms with E-state index in [0.29, 0.717) is 6.54 Å². The van der Waals surface area contributed by atoms with E-state index in [9.17, 15) is 9.18 Å². The summed E-state index contributed by atoms with van der Waals surface area (Å²) in [6, 6.07) is 10.4. The molecule has 2 heterocycles. The molecule has 1 aromatic carbocycles. The zero-order valence-corrected chi connectivity index (χ0v) is 13.6. The van der Waals surface area contributed by atoms with Crippen molar-refractivity contribution in [2.24, 2.45) is 5.92 Å². The second-order valence-electron chi connectivity index (χ2n) is 6.27. The molecule has 24 heavy (non-hydrogen) atoms. The molecule has 0 radical (unpaired) electrons. The Morgan fingerprint density at radius 1 is 1.17 bits per heavy atom. The fourth-order valence-corrected chi connectivity index (χ4v) is 3.10. The molecule has 1 unspecified atom stereocenters. The highest BCUT2D eigenvalue weighted by atomic mass is 19.1. The Hall–Kier alpha value is -2.27. The van der Waals surface area contributed by atoms with Gasteiger partial charge in [0.2, 0.25) is 5.91 Å². The van der Waals surface area contributed by atoms with E-state index in [-0.39, 0.29) is 17.6 Å². The molecule has 1 aromatic heterocycles. The van der Waals surface area contributed by atoms with Crippen molar-refractivity contribution < 1.29 is 9.18 Å². The van der Waals surface area contributed by atoms with Gasteiger partial charge in [0.15, 0.2) is 0 Å². The van der Waals surface area contributed by atoms with Gasteiger partial charge in [-0.2, -0.15) is 0 Å². The predicted octanol–water partition coefficient (Wildman–Crippen LogP) is 2.75. The Bertz CT molecular complexity index is 660. The Labute approximate surface area is 141 Å². The SMILES string of the molecule is O=C(NCc1ccncc1)C1CCCN(Cc2ccc(F)cc2)C1. The van der Waals surface area contributed by atoms with E-state index in [1.54, 1.807) is 12.4 Å². The standard InChI is InChI=1S/C19H22FN3O/c20-18-5-3-16(4-6-18)13-23-11-1-2-17(14-23)19(24)22-12-15-7-9-21-10-8-15/h3-10,17H,1-2,11-14H2,(H,22,24). The number of carbonyl (C=O) groups is 1. The molecule has 0 bridgehead atoms. The van der Waals surface area contributed by atoms with Gasteiger partial charge in [-0.25, -0.2) is 4.39 Å². The fourth-order valence-electron chi connectivity index (χ4n) is 3.10. The lowest BCUT2D eigenvalue weighted by Gasteiger charge is -2.32. The van der Waals surface area contributed by atoms with Crippen LogP contribution in [0.5, 0.6) is 0 Å². The van der Waals surface area contributed by atoms with Gasteiger partial charge in [0, 0.05) is 32.0 Å². The number of hydrogen-bond donors (Lipinski definition) is 1. The van der Waals surface area contributed by atoms with Crippen LogP contribution in [0.3, 0.4) is 0 Å². The van der Waals surface area contributed by atoms with Crippen molar-refractivity contribution >= 4 is 5.91 Å². The van der Waals surface area contributed by atoms with Gasteiger partial charge in [0.25, 0.3) is 0 Å². The van der Waals surface area contributed by atoms with Gasteiger partial charge in [-0.3, -0.25) is 14.7 Å². The lowest BCUT2D eigenvalue weighted by Crippen LogP contribution is -2.42. The van der Waals surface area contributed by atoms with Gasteiger partial charge in [0.1, 0.15) is 5.82 Å². The third kappa shape index (κ3) is 4.61. The summed E-state index contributed by atoms with van der Waals surface area (Å²) in [5.74, 6) is -0.0950. The number of likely N-dealkylation sites (tertiary alicyclic amines) is 1. The molecule has 1 amide bonds. The van der Waals surface area contributed by atoms with Crippen LogP contribution >= 0.6 is 0 Å². The van der Waals surface area contributed by atoms with Crippen molar-refractivity contribution in [2.45, 2.75) is 25.9 Å². The molecule has 1 aliphatic rings. The maximum atomic E-state index is 13.0. The molecule has 126 valence electrons. The molecule has 1 aliphatic heterocycles. The summed E-state index contributed by atoms with van der Waals surface area (Å²) in [5.41, 5.74) is 2.13. The van der Waals surface area contributed by atoms with E-state index in [0.717, 1.165) is 43.6 Å². The Kier molecular flexibility index (Phi) is 5.54. The van der Waals surface area contributed by atoms with Gasteiger partial charge in [-0.1, -0.05) is 12.1 Å². The van der Waals surface area contributed by atoms with E-state index in [1.165, 1.54) is 12.1 Å². The summed E-state index contributed by atoms with van der Waals surface area (Å²) >= 11 is 0. The molecular formula is C19H22FN3O. The lowest BCUT2D eigenvalue weighted by atomic mass is 9.96. The topological polar surface area (TPSA) is 45.2 Å². The first-order valence-electron chi connectivity index (χ1n) is 8.34. The molecule has 1 saturated heterocycles. The zero-order chi connectivity index (χ0) is 16.8.